The Bertz CT molecular complexity index is 1460. The zero-order chi connectivity index (χ0) is 27.6. The molecular formula is C29H33IN4O3S. The summed E-state index contributed by atoms with van der Waals surface area (Å²) >= 11 is 4.00. The smallest absolute Gasteiger partial charge is 0.410 e. The molecule has 2 aromatic heterocycles. The van der Waals surface area contributed by atoms with E-state index in [4.69, 9.17) is 14.5 Å². The normalized spacial score (nSPS) is 12.3. The van der Waals surface area contributed by atoms with E-state index in [0.29, 0.717) is 12.4 Å². The van der Waals surface area contributed by atoms with Gasteiger partial charge in [0.1, 0.15) is 23.0 Å². The second-order valence-electron chi connectivity index (χ2n) is 10.2. The van der Waals surface area contributed by atoms with Crippen molar-refractivity contribution >= 4 is 56.7 Å². The molecule has 38 heavy (non-hydrogen) atoms. The van der Waals surface area contributed by atoms with Crippen molar-refractivity contribution in [3.63, 3.8) is 0 Å². The second-order valence-corrected chi connectivity index (χ2v) is 12.5. The number of halogens is 1. The van der Waals surface area contributed by atoms with Gasteiger partial charge in [-0.15, -0.1) is 11.3 Å². The molecule has 9 heteroatoms. The van der Waals surface area contributed by atoms with Crippen molar-refractivity contribution in [2.45, 2.75) is 52.8 Å². The molecule has 0 saturated carbocycles. The Labute approximate surface area is 241 Å². The van der Waals surface area contributed by atoms with E-state index < -0.39 is 5.60 Å². The summed E-state index contributed by atoms with van der Waals surface area (Å²) in [6.45, 7) is 10.1. The molecule has 7 nitrogen and oxygen atoms in total. The number of ether oxygens (including phenoxy) is 2. The van der Waals surface area contributed by atoms with Crippen molar-refractivity contribution in [3.05, 3.63) is 68.4 Å². The quantitative estimate of drug-likeness (QED) is 0.207. The molecule has 0 aliphatic carbocycles. The Balaban J connectivity index is 1.57. The fourth-order valence-electron chi connectivity index (χ4n) is 4.08. The van der Waals surface area contributed by atoms with E-state index >= 15 is 0 Å². The maximum Gasteiger partial charge on any atom is 0.410 e. The van der Waals surface area contributed by atoms with E-state index in [1.165, 1.54) is 4.88 Å². The molecule has 2 aromatic carbocycles. The molecule has 0 spiro atoms. The fraction of sp³-hybridized carbons (Fsp3) is 0.345. The van der Waals surface area contributed by atoms with Gasteiger partial charge < -0.3 is 19.7 Å². The minimum absolute atomic E-state index is 0.0302. The number of rotatable bonds is 7. The number of aryl methyl sites for hydroxylation is 1. The summed E-state index contributed by atoms with van der Waals surface area (Å²) in [6.07, 6.45) is -0.336. The second kappa shape index (κ2) is 11.4. The van der Waals surface area contributed by atoms with Crippen molar-refractivity contribution in [2.75, 3.05) is 19.5 Å². The molecule has 0 unspecified atom stereocenters. The first kappa shape index (κ1) is 28.1. The van der Waals surface area contributed by atoms with Gasteiger partial charge in [0.2, 0.25) is 0 Å². The first-order valence-electron chi connectivity index (χ1n) is 12.4. The van der Waals surface area contributed by atoms with Crippen LogP contribution in [0.4, 0.5) is 10.6 Å². The Morgan fingerprint density at radius 2 is 1.89 bits per heavy atom. The van der Waals surface area contributed by atoms with Gasteiger partial charge in [-0.05, 0) is 86.5 Å². The lowest BCUT2D eigenvalue weighted by molar-refractivity contribution is 0.0285. The number of nitrogens with zero attached hydrogens (tertiary/aromatic N) is 3. The van der Waals surface area contributed by atoms with E-state index in [-0.39, 0.29) is 12.1 Å². The number of thiophene rings is 1. The zero-order valence-electron chi connectivity index (χ0n) is 22.8. The number of nitrogens with one attached hydrogen (secondary N) is 1. The molecule has 0 aliphatic rings. The van der Waals surface area contributed by atoms with Crippen molar-refractivity contribution in [1.29, 1.82) is 0 Å². The van der Waals surface area contributed by atoms with Gasteiger partial charge in [-0.1, -0.05) is 24.3 Å². The molecule has 4 aromatic rings. The number of amides is 1. The summed E-state index contributed by atoms with van der Waals surface area (Å²) in [7, 11) is 3.43. The van der Waals surface area contributed by atoms with E-state index in [9.17, 15) is 4.79 Å². The fourth-order valence-corrected chi connectivity index (χ4v) is 5.84. The number of carbonyl (C=O) groups excluding carboxylic acids is 1. The van der Waals surface area contributed by atoms with Gasteiger partial charge in [0.05, 0.1) is 22.2 Å². The molecule has 1 amide bonds. The van der Waals surface area contributed by atoms with Crippen LogP contribution in [0, 0.1) is 10.5 Å². The van der Waals surface area contributed by atoms with Gasteiger partial charge in [0.15, 0.2) is 0 Å². The predicted molar refractivity (Wildman–Crippen MR) is 163 cm³/mol. The van der Waals surface area contributed by atoms with E-state index in [2.05, 4.69) is 70.1 Å². The molecule has 1 atom stereocenters. The number of fused-ring (bicyclic) bond motifs is 1. The van der Waals surface area contributed by atoms with Crippen LogP contribution in [0.15, 0.2) is 48.5 Å². The summed E-state index contributed by atoms with van der Waals surface area (Å²) < 4.78 is 12.0. The van der Waals surface area contributed by atoms with Crippen molar-refractivity contribution < 1.29 is 14.3 Å². The third-order valence-electron chi connectivity index (χ3n) is 5.88. The van der Waals surface area contributed by atoms with Crippen LogP contribution in [-0.4, -0.2) is 40.7 Å². The number of hydrogen-bond acceptors (Lipinski definition) is 7. The monoisotopic (exact) mass is 644 g/mol. The molecule has 0 fully saturated rings. The third-order valence-corrected chi connectivity index (χ3v) is 8.03. The van der Waals surface area contributed by atoms with Crippen molar-refractivity contribution in [1.82, 2.24) is 14.9 Å². The van der Waals surface area contributed by atoms with Crippen LogP contribution in [0.25, 0.3) is 21.3 Å². The van der Waals surface area contributed by atoms with E-state index in [0.717, 1.165) is 42.0 Å². The van der Waals surface area contributed by atoms with Gasteiger partial charge in [-0.3, -0.25) is 0 Å². The lowest BCUT2D eigenvalue weighted by atomic mass is 10.1. The molecule has 4 rings (SSSR count). The van der Waals surface area contributed by atoms with Crippen LogP contribution in [0.5, 0.6) is 5.75 Å². The lowest BCUT2D eigenvalue weighted by Crippen LogP contribution is -2.33. The number of benzene rings is 2. The van der Waals surface area contributed by atoms with Crippen LogP contribution >= 0.6 is 33.9 Å². The van der Waals surface area contributed by atoms with Gasteiger partial charge in [-0.25, -0.2) is 14.8 Å². The molecule has 2 heterocycles. The van der Waals surface area contributed by atoms with Crippen LogP contribution in [-0.2, 0) is 11.3 Å². The van der Waals surface area contributed by atoms with E-state index in [1.807, 2.05) is 45.9 Å². The summed E-state index contributed by atoms with van der Waals surface area (Å²) in [5.74, 6) is 2.30. The summed E-state index contributed by atoms with van der Waals surface area (Å²) in [6, 6.07) is 16.5. The largest absolute Gasteiger partial charge is 0.496 e. The summed E-state index contributed by atoms with van der Waals surface area (Å²) in [5, 5.41) is 4.56. The van der Waals surface area contributed by atoms with Crippen LogP contribution < -0.4 is 10.1 Å². The topological polar surface area (TPSA) is 76.6 Å². The Kier molecular flexibility index (Phi) is 8.46. The Hall–Kier alpha value is -2.92. The summed E-state index contributed by atoms with van der Waals surface area (Å²) in [4.78, 5) is 25.8. The number of methoxy groups -OCH3 is 1. The Morgan fingerprint density at radius 3 is 2.61 bits per heavy atom. The van der Waals surface area contributed by atoms with Gasteiger partial charge in [-0.2, -0.15) is 0 Å². The molecule has 0 bridgehead atoms. The number of aromatic nitrogens is 2. The average Bonchev–Trinajstić information content (AvgIpc) is 3.33. The molecule has 0 radical (unpaired) electrons. The number of anilines is 1. The zero-order valence-corrected chi connectivity index (χ0v) is 25.7. The SMILES string of the molecule is COc1cc2nc(C)nc(N[C@H](C)c3ccc(-c4ccccc4CN(C)C(=O)OC(C)(C)C)s3)c2cc1I. The maximum absolute atomic E-state index is 12.5. The maximum atomic E-state index is 12.5. The minimum Gasteiger partial charge on any atom is -0.496 e. The third kappa shape index (κ3) is 6.55. The highest BCUT2D eigenvalue weighted by molar-refractivity contribution is 14.1. The predicted octanol–water partition coefficient (Wildman–Crippen LogP) is 7.82. The average molecular weight is 645 g/mol. The standard InChI is InChI=1S/C29H33IN4O3S/c1-17(31-27-21-14-22(30)24(36-7)15-23(21)32-18(2)33-27)25-12-13-26(38-25)20-11-9-8-10-19(20)16-34(6)28(35)37-29(3,4)5/h8-15,17H,16H2,1-7H3,(H,31,32,33)/t17-/m1/s1. The lowest BCUT2D eigenvalue weighted by Gasteiger charge is -2.25. The van der Waals surface area contributed by atoms with Gasteiger partial charge in [0.25, 0.3) is 0 Å². The molecular weight excluding hydrogens is 611 g/mol. The first-order valence-corrected chi connectivity index (χ1v) is 14.2. The minimum atomic E-state index is -0.533. The number of carbonyl (C=O) groups is 1. The molecule has 0 aliphatic heterocycles. The number of hydrogen-bond donors (Lipinski definition) is 1. The van der Waals surface area contributed by atoms with Crippen LogP contribution in [0.1, 0.15) is 50.0 Å². The molecule has 0 saturated heterocycles. The van der Waals surface area contributed by atoms with Gasteiger partial charge >= 0.3 is 6.09 Å². The molecule has 1 N–H and O–H groups in total. The Morgan fingerprint density at radius 1 is 1.16 bits per heavy atom. The highest BCUT2D eigenvalue weighted by Gasteiger charge is 2.21. The van der Waals surface area contributed by atoms with Crippen LogP contribution in [0.2, 0.25) is 0 Å². The highest BCUT2D eigenvalue weighted by Crippen LogP contribution is 2.36. The van der Waals surface area contributed by atoms with Crippen molar-refractivity contribution in [2.24, 2.45) is 0 Å². The first-order chi connectivity index (χ1) is 17.9. The highest BCUT2D eigenvalue weighted by atomic mass is 127. The van der Waals surface area contributed by atoms with Crippen LogP contribution in [0.3, 0.4) is 0 Å². The van der Waals surface area contributed by atoms with Crippen molar-refractivity contribution in [3.8, 4) is 16.2 Å². The van der Waals surface area contributed by atoms with E-state index in [1.54, 1.807) is 30.4 Å². The summed E-state index contributed by atoms with van der Waals surface area (Å²) in [5.41, 5.74) is 2.49. The van der Waals surface area contributed by atoms with Gasteiger partial charge in [0, 0.05) is 34.8 Å². The molecule has 200 valence electrons.